The average molecular weight is 265 g/mol. The minimum atomic E-state index is 0.784. The largest absolute Gasteiger partial charge is 0.385 e. The lowest BCUT2D eigenvalue weighted by molar-refractivity contribution is 0.190. The third-order valence-corrected chi connectivity index (χ3v) is 3.47. The monoisotopic (exact) mass is 265 g/mol. The van der Waals surface area contributed by atoms with Crippen LogP contribution < -0.4 is 5.32 Å². The molecule has 4 nitrogen and oxygen atoms in total. The summed E-state index contributed by atoms with van der Waals surface area (Å²) in [5.74, 6) is 0.946. The van der Waals surface area contributed by atoms with Crippen LogP contribution in [0.4, 0.5) is 5.95 Å². The van der Waals surface area contributed by atoms with E-state index < -0.39 is 0 Å². The Morgan fingerprint density at radius 1 is 1.50 bits per heavy atom. The van der Waals surface area contributed by atoms with Crippen molar-refractivity contribution in [3.63, 3.8) is 0 Å². The van der Waals surface area contributed by atoms with Crippen LogP contribution in [0, 0.1) is 0 Å². The lowest BCUT2D eigenvalue weighted by atomic mass is 10.2. The number of aromatic nitrogens is 2. The predicted octanol–water partition coefficient (Wildman–Crippen LogP) is 2.64. The number of nitrogens with zero attached hydrogens (tertiary/aromatic N) is 2. The van der Waals surface area contributed by atoms with Crippen LogP contribution in [0.3, 0.4) is 0 Å². The van der Waals surface area contributed by atoms with Gasteiger partial charge < -0.3 is 14.6 Å². The highest BCUT2D eigenvalue weighted by molar-refractivity contribution is 7.07. The summed E-state index contributed by atoms with van der Waals surface area (Å²) in [7, 11) is 1.73. The summed E-state index contributed by atoms with van der Waals surface area (Å²) in [6, 6.07) is 2.16. The molecule has 0 aliphatic rings. The van der Waals surface area contributed by atoms with Crippen LogP contribution in [0.5, 0.6) is 0 Å². The van der Waals surface area contributed by atoms with Gasteiger partial charge in [-0.3, -0.25) is 0 Å². The Balaban J connectivity index is 1.76. The molecular weight excluding hydrogens is 246 g/mol. The first-order valence-corrected chi connectivity index (χ1v) is 7.09. The Hall–Kier alpha value is -1.33. The Morgan fingerprint density at radius 2 is 2.44 bits per heavy atom. The number of methoxy groups -OCH3 is 1. The molecule has 0 aliphatic heterocycles. The number of anilines is 1. The normalized spacial score (nSPS) is 10.7. The number of hydrogen-bond acceptors (Lipinski definition) is 4. The van der Waals surface area contributed by atoms with Gasteiger partial charge in [0, 0.05) is 39.2 Å². The smallest absolute Gasteiger partial charge is 0.202 e. The second kappa shape index (κ2) is 7.18. The van der Waals surface area contributed by atoms with Crippen molar-refractivity contribution in [2.75, 3.05) is 25.6 Å². The molecule has 0 atom stereocenters. The highest BCUT2D eigenvalue weighted by Gasteiger charge is 2.01. The number of thiophene rings is 1. The molecule has 0 amide bonds. The zero-order valence-electron chi connectivity index (χ0n) is 10.6. The van der Waals surface area contributed by atoms with E-state index in [4.69, 9.17) is 4.74 Å². The molecule has 18 heavy (non-hydrogen) atoms. The van der Waals surface area contributed by atoms with E-state index >= 15 is 0 Å². The summed E-state index contributed by atoms with van der Waals surface area (Å²) in [5, 5.41) is 7.67. The second-order valence-electron chi connectivity index (χ2n) is 4.10. The van der Waals surface area contributed by atoms with Gasteiger partial charge in [0.15, 0.2) is 0 Å². The van der Waals surface area contributed by atoms with E-state index in [9.17, 15) is 0 Å². The number of ether oxygens (including phenoxy) is 1. The van der Waals surface area contributed by atoms with Gasteiger partial charge in [-0.1, -0.05) is 0 Å². The first kappa shape index (κ1) is 13.1. The van der Waals surface area contributed by atoms with Crippen molar-refractivity contribution >= 4 is 17.3 Å². The van der Waals surface area contributed by atoms with Gasteiger partial charge in [-0.2, -0.15) is 11.3 Å². The van der Waals surface area contributed by atoms with Gasteiger partial charge >= 0.3 is 0 Å². The van der Waals surface area contributed by atoms with E-state index in [1.54, 1.807) is 18.4 Å². The van der Waals surface area contributed by atoms with Crippen LogP contribution in [0.2, 0.25) is 0 Å². The Kier molecular flexibility index (Phi) is 5.23. The number of imidazole rings is 1. The zero-order chi connectivity index (χ0) is 12.6. The third-order valence-electron chi connectivity index (χ3n) is 2.74. The fourth-order valence-corrected chi connectivity index (χ4v) is 2.49. The van der Waals surface area contributed by atoms with Crippen LogP contribution in [0.25, 0.3) is 0 Å². The molecule has 2 aromatic heterocycles. The van der Waals surface area contributed by atoms with Crippen LogP contribution in [0.1, 0.15) is 12.0 Å². The van der Waals surface area contributed by atoms with Crippen molar-refractivity contribution in [1.82, 2.24) is 9.55 Å². The summed E-state index contributed by atoms with van der Waals surface area (Å²) >= 11 is 1.74. The second-order valence-corrected chi connectivity index (χ2v) is 4.88. The van der Waals surface area contributed by atoms with Crippen molar-refractivity contribution in [2.24, 2.45) is 0 Å². The minimum absolute atomic E-state index is 0.784. The maximum atomic E-state index is 5.06. The number of hydrogen-bond donors (Lipinski definition) is 1. The van der Waals surface area contributed by atoms with Crippen LogP contribution in [-0.4, -0.2) is 29.8 Å². The molecule has 0 fully saturated rings. The molecule has 0 aromatic carbocycles. The highest BCUT2D eigenvalue weighted by atomic mass is 32.1. The van der Waals surface area contributed by atoms with Crippen molar-refractivity contribution in [3.05, 3.63) is 34.8 Å². The van der Waals surface area contributed by atoms with Gasteiger partial charge in [-0.15, -0.1) is 0 Å². The summed E-state index contributed by atoms with van der Waals surface area (Å²) in [6.07, 6.45) is 5.88. The molecule has 0 aliphatic carbocycles. The fraction of sp³-hybridized carbons (Fsp3) is 0.462. The fourth-order valence-electron chi connectivity index (χ4n) is 1.79. The Morgan fingerprint density at radius 3 is 3.22 bits per heavy atom. The van der Waals surface area contributed by atoms with E-state index in [2.05, 4.69) is 31.7 Å². The van der Waals surface area contributed by atoms with Gasteiger partial charge in [0.2, 0.25) is 5.95 Å². The number of aryl methyl sites for hydroxylation is 1. The number of rotatable bonds is 8. The average Bonchev–Trinajstić information content (AvgIpc) is 3.02. The van der Waals surface area contributed by atoms with E-state index in [1.807, 2.05) is 12.4 Å². The maximum Gasteiger partial charge on any atom is 0.202 e. The van der Waals surface area contributed by atoms with E-state index in [1.165, 1.54) is 5.56 Å². The number of nitrogens with one attached hydrogen (secondary N) is 1. The first-order chi connectivity index (χ1) is 8.90. The van der Waals surface area contributed by atoms with Crippen LogP contribution in [0.15, 0.2) is 29.2 Å². The zero-order valence-corrected chi connectivity index (χ0v) is 11.4. The summed E-state index contributed by atoms with van der Waals surface area (Å²) in [6.45, 7) is 2.64. The summed E-state index contributed by atoms with van der Waals surface area (Å²) in [4.78, 5) is 4.33. The SMILES string of the molecule is COCCCn1ccnc1NCCc1ccsc1. The summed E-state index contributed by atoms with van der Waals surface area (Å²) < 4.78 is 7.19. The van der Waals surface area contributed by atoms with Crippen molar-refractivity contribution in [3.8, 4) is 0 Å². The molecule has 98 valence electrons. The topological polar surface area (TPSA) is 39.1 Å². The molecular formula is C13H19N3OS. The molecule has 0 spiro atoms. The molecule has 2 aromatic rings. The Bertz CT molecular complexity index is 439. The van der Waals surface area contributed by atoms with E-state index in [0.29, 0.717) is 0 Å². The molecule has 0 saturated heterocycles. The molecule has 2 rings (SSSR count). The third kappa shape index (κ3) is 3.85. The first-order valence-electron chi connectivity index (χ1n) is 6.15. The molecule has 1 N–H and O–H groups in total. The van der Waals surface area contributed by atoms with Gasteiger partial charge in [0.05, 0.1) is 0 Å². The Labute approximate surface area is 112 Å². The molecule has 0 bridgehead atoms. The van der Waals surface area contributed by atoms with Gasteiger partial charge in [0.25, 0.3) is 0 Å². The van der Waals surface area contributed by atoms with Crippen molar-refractivity contribution in [2.45, 2.75) is 19.4 Å². The van der Waals surface area contributed by atoms with Gasteiger partial charge in [0.1, 0.15) is 0 Å². The molecule has 0 saturated carbocycles. The molecule has 0 radical (unpaired) electrons. The predicted molar refractivity (Wildman–Crippen MR) is 75.2 cm³/mol. The lowest BCUT2D eigenvalue weighted by Crippen LogP contribution is -2.11. The van der Waals surface area contributed by atoms with Crippen molar-refractivity contribution in [1.29, 1.82) is 0 Å². The minimum Gasteiger partial charge on any atom is -0.385 e. The van der Waals surface area contributed by atoms with E-state index in [0.717, 1.165) is 38.5 Å². The van der Waals surface area contributed by atoms with Crippen LogP contribution >= 0.6 is 11.3 Å². The van der Waals surface area contributed by atoms with E-state index in [-0.39, 0.29) is 0 Å². The summed E-state index contributed by atoms with van der Waals surface area (Å²) in [5.41, 5.74) is 1.38. The molecule has 0 unspecified atom stereocenters. The van der Waals surface area contributed by atoms with Crippen molar-refractivity contribution < 1.29 is 4.74 Å². The maximum absolute atomic E-state index is 5.06. The van der Waals surface area contributed by atoms with Gasteiger partial charge in [-0.25, -0.2) is 4.98 Å². The van der Waals surface area contributed by atoms with Crippen LogP contribution in [-0.2, 0) is 17.7 Å². The molecule has 2 heterocycles. The highest BCUT2D eigenvalue weighted by Crippen LogP contribution is 2.08. The molecule has 5 heteroatoms. The quantitative estimate of drug-likeness (QED) is 0.746. The standard InChI is InChI=1S/C13H19N3OS/c1-17-9-2-7-16-8-6-15-13(16)14-5-3-12-4-10-18-11-12/h4,6,8,10-11H,2-3,5,7,9H2,1H3,(H,14,15). The lowest BCUT2D eigenvalue weighted by Gasteiger charge is -2.09. The van der Waals surface area contributed by atoms with Gasteiger partial charge in [-0.05, 0) is 35.2 Å².